The van der Waals surface area contributed by atoms with E-state index < -0.39 is 11.9 Å². The first-order valence-electron chi connectivity index (χ1n) is 4.79. The van der Waals surface area contributed by atoms with Crippen LogP contribution in [0.5, 0.6) is 0 Å². The van der Waals surface area contributed by atoms with Crippen LogP contribution in [0.15, 0.2) is 12.1 Å². The summed E-state index contributed by atoms with van der Waals surface area (Å²) in [6.07, 6.45) is 0. The topological polar surface area (TPSA) is 52.6 Å². The Balaban J connectivity index is 3.49. The highest BCUT2D eigenvalue weighted by atomic mass is 16.5. The largest absolute Gasteiger partial charge is 0.465 e. The van der Waals surface area contributed by atoms with Gasteiger partial charge in [0.1, 0.15) is 0 Å². The third-order valence-corrected chi connectivity index (χ3v) is 2.40. The first kappa shape index (κ1) is 12.2. The van der Waals surface area contributed by atoms with E-state index in [0.29, 0.717) is 11.1 Å². The Kier molecular flexibility index (Phi) is 3.66. The number of benzene rings is 1. The molecule has 1 aromatic carbocycles. The monoisotopic (exact) mass is 222 g/mol. The maximum Gasteiger partial charge on any atom is 0.339 e. The highest BCUT2D eigenvalue weighted by molar-refractivity contribution is 6.05. The molecule has 0 fully saturated rings. The summed E-state index contributed by atoms with van der Waals surface area (Å²) in [5.74, 6) is -1.05. The molecule has 0 heterocycles. The summed E-state index contributed by atoms with van der Waals surface area (Å²) in [6, 6.07) is 3.54. The second-order valence-electron chi connectivity index (χ2n) is 3.43. The van der Waals surface area contributed by atoms with Crippen molar-refractivity contribution < 1.29 is 19.1 Å². The van der Waals surface area contributed by atoms with Crippen LogP contribution in [-0.4, -0.2) is 26.2 Å². The fourth-order valence-electron chi connectivity index (χ4n) is 1.54. The third-order valence-electron chi connectivity index (χ3n) is 2.40. The smallest absolute Gasteiger partial charge is 0.339 e. The maximum atomic E-state index is 11.6. The van der Waals surface area contributed by atoms with Crippen molar-refractivity contribution in [1.82, 2.24) is 0 Å². The molecule has 4 heteroatoms. The van der Waals surface area contributed by atoms with Gasteiger partial charge in [-0.1, -0.05) is 12.1 Å². The molecule has 0 saturated carbocycles. The van der Waals surface area contributed by atoms with E-state index in [4.69, 9.17) is 0 Å². The van der Waals surface area contributed by atoms with Gasteiger partial charge >= 0.3 is 11.9 Å². The van der Waals surface area contributed by atoms with E-state index in [-0.39, 0.29) is 11.1 Å². The molecule has 0 saturated heterocycles. The van der Waals surface area contributed by atoms with Crippen LogP contribution >= 0.6 is 0 Å². The Bertz CT molecular complexity index is 394. The van der Waals surface area contributed by atoms with Crippen LogP contribution in [0, 0.1) is 13.8 Å². The summed E-state index contributed by atoms with van der Waals surface area (Å²) < 4.78 is 9.32. The van der Waals surface area contributed by atoms with Crippen molar-refractivity contribution in [2.24, 2.45) is 0 Å². The Morgan fingerprint density at radius 3 is 1.44 bits per heavy atom. The minimum absolute atomic E-state index is 0.273. The number of rotatable bonds is 2. The fourth-order valence-corrected chi connectivity index (χ4v) is 1.54. The minimum atomic E-state index is -0.526. The summed E-state index contributed by atoms with van der Waals surface area (Å²) in [6.45, 7) is 3.50. The van der Waals surface area contributed by atoms with E-state index in [1.54, 1.807) is 26.0 Å². The van der Waals surface area contributed by atoms with Crippen molar-refractivity contribution in [3.05, 3.63) is 34.4 Å². The van der Waals surface area contributed by atoms with Crippen LogP contribution in [0.25, 0.3) is 0 Å². The molecule has 0 atom stereocenters. The van der Waals surface area contributed by atoms with Crippen molar-refractivity contribution in [1.29, 1.82) is 0 Å². The number of esters is 2. The highest BCUT2D eigenvalue weighted by Gasteiger charge is 2.22. The number of carbonyl (C=O) groups excluding carboxylic acids is 2. The molecule has 0 N–H and O–H groups in total. The maximum absolute atomic E-state index is 11.6. The summed E-state index contributed by atoms with van der Waals surface area (Å²) in [5, 5.41) is 0. The van der Waals surface area contributed by atoms with E-state index in [2.05, 4.69) is 9.47 Å². The van der Waals surface area contributed by atoms with Crippen molar-refractivity contribution in [2.45, 2.75) is 13.8 Å². The van der Waals surface area contributed by atoms with Gasteiger partial charge in [-0.15, -0.1) is 0 Å². The molecule has 4 nitrogen and oxygen atoms in total. The Hall–Kier alpha value is -1.84. The molecule has 0 spiro atoms. The zero-order chi connectivity index (χ0) is 12.3. The number of aryl methyl sites for hydroxylation is 2. The second-order valence-corrected chi connectivity index (χ2v) is 3.43. The third kappa shape index (κ3) is 2.05. The van der Waals surface area contributed by atoms with Crippen molar-refractivity contribution in [2.75, 3.05) is 14.2 Å². The molecule has 0 bridgehead atoms. The van der Waals surface area contributed by atoms with Gasteiger partial charge in [-0.2, -0.15) is 0 Å². The average molecular weight is 222 g/mol. The molecule has 0 aliphatic rings. The summed E-state index contributed by atoms with van der Waals surface area (Å²) in [5.41, 5.74) is 1.93. The van der Waals surface area contributed by atoms with E-state index in [0.717, 1.165) is 0 Å². The van der Waals surface area contributed by atoms with Gasteiger partial charge in [0.05, 0.1) is 25.3 Å². The molecule has 0 amide bonds. The number of hydrogen-bond donors (Lipinski definition) is 0. The van der Waals surface area contributed by atoms with Crippen LogP contribution in [0.2, 0.25) is 0 Å². The van der Waals surface area contributed by atoms with Gasteiger partial charge in [0.15, 0.2) is 0 Å². The van der Waals surface area contributed by atoms with Gasteiger partial charge in [0, 0.05) is 0 Å². The van der Waals surface area contributed by atoms with Gasteiger partial charge in [0.25, 0.3) is 0 Å². The first-order valence-corrected chi connectivity index (χ1v) is 4.79. The Labute approximate surface area is 94.2 Å². The normalized spacial score (nSPS) is 9.75. The SMILES string of the molecule is COC(=O)c1c(C)ccc(C)c1C(=O)OC. The van der Waals surface area contributed by atoms with Crippen LogP contribution in [-0.2, 0) is 9.47 Å². The first-order chi connectivity index (χ1) is 7.52. The number of ether oxygens (including phenoxy) is 2. The van der Waals surface area contributed by atoms with Gasteiger partial charge in [-0.3, -0.25) is 0 Å². The average Bonchev–Trinajstić information content (AvgIpc) is 2.29. The Morgan fingerprint density at radius 1 is 0.875 bits per heavy atom. The number of methoxy groups -OCH3 is 2. The van der Waals surface area contributed by atoms with Crippen LogP contribution < -0.4 is 0 Å². The molecule has 86 valence electrons. The molecule has 0 aromatic heterocycles. The molecular formula is C12H14O4. The van der Waals surface area contributed by atoms with Gasteiger partial charge in [0.2, 0.25) is 0 Å². The highest BCUT2D eigenvalue weighted by Crippen LogP contribution is 2.20. The van der Waals surface area contributed by atoms with E-state index in [1.165, 1.54) is 14.2 Å². The lowest BCUT2D eigenvalue weighted by Crippen LogP contribution is -2.15. The van der Waals surface area contributed by atoms with Gasteiger partial charge in [-0.25, -0.2) is 9.59 Å². The second kappa shape index (κ2) is 4.79. The molecule has 16 heavy (non-hydrogen) atoms. The van der Waals surface area contributed by atoms with E-state index in [1.807, 2.05) is 0 Å². The van der Waals surface area contributed by atoms with E-state index >= 15 is 0 Å². The molecule has 1 rings (SSSR count). The predicted octanol–water partition coefficient (Wildman–Crippen LogP) is 1.88. The zero-order valence-corrected chi connectivity index (χ0v) is 9.79. The van der Waals surface area contributed by atoms with Crippen LogP contribution in [0.3, 0.4) is 0 Å². The quantitative estimate of drug-likeness (QED) is 0.717. The lowest BCUT2D eigenvalue weighted by molar-refractivity contribution is 0.0553. The minimum Gasteiger partial charge on any atom is -0.465 e. The van der Waals surface area contributed by atoms with Crippen LogP contribution in [0.4, 0.5) is 0 Å². The molecule has 0 aliphatic heterocycles. The fraction of sp³-hybridized carbons (Fsp3) is 0.333. The standard InChI is InChI=1S/C12H14O4/c1-7-5-6-8(2)10(12(14)16-4)9(7)11(13)15-3/h5-6H,1-4H3. The summed E-state index contributed by atoms with van der Waals surface area (Å²) in [7, 11) is 2.57. The van der Waals surface area contributed by atoms with Crippen molar-refractivity contribution in [3.63, 3.8) is 0 Å². The molecular weight excluding hydrogens is 208 g/mol. The predicted molar refractivity (Wildman–Crippen MR) is 58.6 cm³/mol. The molecule has 0 radical (unpaired) electrons. The zero-order valence-electron chi connectivity index (χ0n) is 9.79. The molecule has 1 aromatic rings. The number of hydrogen-bond acceptors (Lipinski definition) is 4. The van der Waals surface area contributed by atoms with E-state index in [9.17, 15) is 9.59 Å². The molecule has 0 unspecified atom stereocenters. The van der Waals surface area contributed by atoms with Gasteiger partial charge in [-0.05, 0) is 25.0 Å². The van der Waals surface area contributed by atoms with Crippen LogP contribution in [0.1, 0.15) is 31.8 Å². The van der Waals surface area contributed by atoms with Crippen molar-refractivity contribution in [3.8, 4) is 0 Å². The summed E-state index contributed by atoms with van der Waals surface area (Å²) >= 11 is 0. The molecule has 0 aliphatic carbocycles. The van der Waals surface area contributed by atoms with Crippen molar-refractivity contribution >= 4 is 11.9 Å². The lowest BCUT2D eigenvalue weighted by atomic mass is 9.97. The lowest BCUT2D eigenvalue weighted by Gasteiger charge is -2.11. The summed E-state index contributed by atoms with van der Waals surface area (Å²) in [4.78, 5) is 23.2. The number of carbonyl (C=O) groups is 2. The van der Waals surface area contributed by atoms with Gasteiger partial charge < -0.3 is 9.47 Å². The Morgan fingerprint density at radius 2 is 1.19 bits per heavy atom.